The second-order valence-electron chi connectivity index (χ2n) is 5.35. The highest BCUT2D eigenvalue weighted by atomic mass is 19.1. The summed E-state index contributed by atoms with van der Waals surface area (Å²) in [5.41, 5.74) is 1.44. The minimum Gasteiger partial charge on any atom is -0.382 e. The van der Waals surface area contributed by atoms with Crippen molar-refractivity contribution in [1.29, 1.82) is 0 Å². The lowest BCUT2D eigenvalue weighted by Gasteiger charge is -2.34. The fourth-order valence-corrected chi connectivity index (χ4v) is 2.70. The Labute approximate surface area is 111 Å². The molecule has 1 saturated heterocycles. The van der Waals surface area contributed by atoms with Gasteiger partial charge in [0.05, 0.1) is 16.8 Å². The molecule has 0 atom stereocenters. The average Bonchev–Trinajstić information content (AvgIpc) is 2.52. The summed E-state index contributed by atoms with van der Waals surface area (Å²) in [7, 11) is 0. The van der Waals surface area contributed by atoms with E-state index >= 15 is 0 Å². The number of rotatable bonds is 0. The highest BCUT2D eigenvalue weighted by Gasteiger charge is 2.41. The van der Waals surface area contributed by atoms with Crippen LogP contribution >= 0.6 is 0 Å². The van der Waals surface area contributed by atoms with Gasteiger partial charge in [0, 0.05) is 19.8 Å². The Balaban J connectivity index is 1.95. The Morgan fingerprint density at radius 1 is 1.26 bits per heavy atom. The van der Waals surface area contributed by atoms with Crippen molar-refractivity contribution in [3.8, 4) is 0 Å². The van der Waals surface area contributed by atoms with Gasteiger partial charge in [-0.15, -0.1) is 0 Å². The van der Waals surface area contributed by atoms with E-state index in [1.807, 2.05) is 0 Å². The maximum Gasteiger partial charge on any atom is 0.232 e. The second-order valence-corrected chi connectivity index (χ2v) is 5.35. The summed E-state index contributed by atoms with van der Waals surface area (Å²) < 4.78 is 18.9. The molecule has 1 spiro atoms. The van der Waals surface area contributed by atoms with Gasteiger partial charge in [-0.05, 0) is 37.5 Å². The predicted octanol–water partition coefficient (Wildman–Crippen LogP) is 2.29. The molecule has 1 aromatic carbocycles. The molecule has 102 valence electrons. The van der Waals surface area contributed by atoms with Crippen molar-refractivity contribution in [2.75, 3.05) is 30.4 Å². The predicted molar refractivity (Wildman–Crippen MR) is 70.7 cm³/mol. The zero-order valence-electron chi connectivity index (χ0n) is 10.9. The van der Waals surface area contributed by atoms with Gasteiger partial charge in [-0.25, -0.2) is 4.39 Å². The molecule has 1 amide bonds. The van der Waals surface area contributed by atoms with Crippen molar-refractivity contribution in [3.63, 3.8) is 0 Å². The highest BCUT2D eigenvalue weighted by molar-refractivity contribution is 6.00. The van der Waals surface area contributed by atoms with Crippen LogP contribution < -0.4 is 10.6 Å². The van der Waals surface area contributed by atoms with Crippen molar-refractivity contribution in [2.24, 2.45) is 5.41 Å². The number of carbonyl (C=O) groups excluding carboxylic acids is 1. The van der Waals surface area contributed by atoms with Crippen molar-refractivity contribution in [1.82, 2.24) is 0 Å². The third-order valence-corrected chi connectivity index (χ3v) is 4.10. The third kappa shape index (κ3) is 2.08. The number of anilines is 2. The van der Waals surface area contributed by atoms with Crippen LogP contribution in [0.3, 0.4) is 0 Å². The lowest BCUT2D eigenvalue weighted by molar-refractivity contribution is -0.129. The summed E-state index contributed by atoms with van der Waals surface area (Å²) in [6.45, 7) is 3.48. The van der Waals surface area contributed by atoms with Crippen LogP contribution in [0.25, 0.3) is 0 Å². The van der Waals surface area contributed by atoms with Crippen LogP contribution in [0.2, 0.25) is 0 Å². The molecule has 2 aliphatic rings. The lowest BCUT2D eigenvalue weighted by Crippen LogP contribution is -2.44. The zero-order valence-corrected chi connectivity index (χ0v) is 10.9. The maximum absolute atomic E-state index is 13.6. The minimum atomic E-state index is -0.443. The summed E-state index contributed by atoms with van der Waals surface area (Å²) in [5.74, 6) is -0.339. The van der Waals surface area contributed by atoms with E-state index in [9.17, 15) is 9.18 Å². The molecule has 2 N–H and O–H groups in total. The highest BCUT2D eigenvalue weighted by Crippen LogP contribution is 2.37. The molecule has 0 radical (unpaired) electrons. The molecule has 0 saturated carbocycles. The Bertz CT molecular complexity index is 524. The van der Waals surface area contributed by atoms with Crippen molar-refractivity contribution in [3.05, 3.63) is 23.5 Å². The van der Waals surface area contributed by atoms with Crippen LogP contribution in [0, 0.1) is 18.2 Å². The molecule has 3 rings (SSSR count). The van der Waals surface area contributed by atoms with Crippen LogP contribution in [0.4, 0.5) is 15.8 Å². The summed E-state index contributed by atoms with van der Waals surface area (Å²) >= 11 is 0. The number of aryl methyl sites for hydroxylation is 1. The number of hydrogen-bond acceptors (Lipinski definition) is 3. The van der Waals surface area contributed by atoms with E-state index in [0.29, 0.717) is 43.9 Å². The number of benzene rings is 1. The maximum atomic E-state index is 13.6. The van der Waals surface area contributed by atoms with E-state index in [-0.39, 0.29) is 11.7 Å². The molecule has 0 aromatic heterocycles. The fraction of sp³-hybridized carbons (Fsp3) is 0.500. The molecule has 1 aromatic rings. The molecular weight excluding hydrogens is 247 g/mol. The van der Waals surface area contributed by atoms with Gasteiger partial charge in [0.25, 0.3) is 0 Å². The number of hydrogen-bond donors (Lipinski definition) is 2. The molecule has 2 aliphatic heterocycles. The first-order valence-electron chi connectivity index (χ1n) is 6.54. The molecule has 2 heterocycles. The van der Waals surface area contributed by atoms with Gasteiger partial charge < -0.3 is 15.4 Å². The molecule has 4 nitrogen and oxygen atoms in total. The third-order valence-electron chi connectivity index (χ3n) is 4.10. The van der Waals surface area contributed by atoms with Crippen molar-refractivity contribution in [2.45, 2.75) is 19.8 Å². The van der Waals surface area contributed by atoms with Gasteiger partial charge in [-0.1, -0.05) is 0 Å². The smallest absolute Gasteiger partial charge is 0.232 e. The van der Waals surface area contributed by atoms with Crippen LogP contribution in [0.5, 0.6) is 0 Å². The topological polar surface area (TPSA) is 50.4 Å². The number of ether oxygens (including phenoxy) is 1. The summed E-state index contributed by atoms with van der Waals surface area (Å²) in [4.78, 5) is 12.4. The Morgan fingerprint density at radius 2 is 2.00 bits per heavy atom. The first kappa shape index (κ1) is 12.4. The van der Waals surface area contributed by atoms with E-state index in [0.717, 1.165) is 5.69 Å². The summed E-state index contributed by atoms with van der Waals surface area (Å²) in [6.07, 6.45) is 1.39. The normalized spacial score (nSPS) is 21.3. The summed E-state index contributed by atoms with van der Waals surface area (Å²) in [6, 6.07) is 3.12. The van der Waals surface area contributed by atoms with Crippen molar-refractivity contribution >= 4 is 17.3 Å². The van der Waals surface area contributed by atoms with E-state index in [1.54, 1.807) is 13.0 Å². The second kappa shape index (κ2) is 4.49. The fourth-order valence-electron chi connectivity index (χ4n) is 2.70. The lowest BCUT2D eigenvalue weighted by atomic mass is 9.79. The largest absolute Gasteiger partial charge is 0.382 e. The van der Waals surface area contributed by atoms with Gasteiger partial charge in [0.2, 0.25) is 5.91 Å². The van der Waals surface area contributed by atoms with Crippen LogP contribution in [-0.2, 0) is 9.53 Å². The average molecular weight is 264 g/mol. The molecule has 5 heteroatoms. The summed E-state index contributed by atoms with van der Waals surface area (Å²) in [5, 5.41) is 6.13. The molecule has 1 fully saturated rings. The number of fused-ring (bicyclic) bond motifs is 1. The molecule has 19 heavy (non-hydrogen) atoms. The van der Waals surface area contributed by atoms with E-state index in [1.165, 1.54) is 6.07 Å². The van der Waals surface area contributed by atoms with Crippen LogP contribution in [0.1, 0.15) is 18.4 Å². The zero-order chi connectivity index (χ0) is 13.5. The van der Waals surface area contributed by atoms with E-state index < -0.39 is 5.41 Å². The minimum absolute atomic E-state index is 0.0368. The van der Waals surface area contributed by atoms with E-state index in [2.05, 4.69) is 10.6 Å². The number of carbonyl (C=O) groups is 1. The first-order valence-corrected chi connectivity index (χ1v) is 6.54. The molecule has 0 unspecified atom stereocenters. The van der Waals surface area contributed by atoms with Crippen molar-refractivity contribution < 1.29 is 13.9 Å². The van der Waals surface area contributed by atoms with Gasteiger partial charge in [0.15, 0.2) is 0 Å². The van der Waals surface area contributed by atoms with Gasteiger partial charge in [-0.2, -0.15) is 0 Å². The number of halogens is 1. The van der Waals surface area contributed by atoms with Gasteiger partial charge >= 0.3 is 0 Å². The monoisotopic (exact) mass is 264 g/mol. The Morgan fingerprint density at radius 3 is 2.74 bits per heavy atom. The molecule has 0 bridgehead atoms. The van der Waals surface area contributed by atoms with Gasteiger partial charge in [0.1, 0.15) is 5.82 Å². The quantitative estimate of drug-likeness (QED) is 0.756. The molecular formula is C14H17FN2O2. The first-order chi connectivity index (χ1) is 9.11. The molecule has 0 aliphatic carbocycles. The standard InChI is InChI=1S/C14H17FN2O2/c1-9-6-11-12(7-10(9)15)17-13(18)14(8-16-11)2-4-19-5-3-14/h6-7,16H,2-5,8H2,1H3,(H,17,18). The van der Waals surface area contributed by atoms with Gasteiger partial charge in [-0.3, -0.25) is 4.79 Å². The van der Waals surface area contributed by atoms with Crippen LogP contribution in [0.15, 0.2) is 12.1 Å². The van der Waals surface area contributed by atoms with Crippen LogP contribution in [-0.4, -0.2) is 25.7 Å². The number of nitrogens with one attached hydrogen (secondary N) is 2. The Hall–Kier alpha value is -1.62. The number of amides is 1. The van der Waals surface area contributed by atoms with E-state index in [4.69, 9.17) is 4.74 Å². The Kier molecular flexibility index (Phi) is 2.93. The SMILES string of the molecule is Cc1cc2c(cc1F)NC(=O)C1(CCOCC1)CN2.